The van der Waals surface area contributed by atoms with Gasteiger partial charge in [0.05, 0.1) is 13.7 Å². The van der Waals surface area contributed by atoms with E-state index in [-0.39, 0.29) is 24.3 Å². The van der Waals surface area contributed by atoms with Crippen molar-refractivity contribution in [2.45, 2.75) is 33.4 Å². The quantitative estimate of drug-likeness (QED) is 0.692. The molecule has 1 aromatic carbocycles. The van der Waals surface area contributed by atoms with Crippen LogP contribution in [-0.4, -0.2) is 36.6 Å². The number of hydrogen-bond acceptors (Lipinski definition) is 5. The summed E-state index contributed by atoms with van der Waals surface area (Å²) in [5, 5.41) is 5.67. The molecule has 0 aliphatic carbocycles. The smallest absolute Gasteiger partial charge is 0.251 e. The summed E-state index contributed by atoms with van der Waals surface area (Å²) in [6, 6.07) is 9.70. The number of aromatic nitrogens is 1. The predicted molar refractivity (Wildman–Crippen MR) is 106 cm³/mol. The fourth-order valence-electron chi connectivity index (χ4n) is 2.62. The standard InChI is InChI=1S/C21H27N3O4/c1-5-28-21-16(7-6-12-22-21)13-23-20(26)18(14(2)3)24-19(25)15-8-10-17(27-4)11-9-15/h6-12,14,18H,5,13H2,1-4H3,(H,23,26)(H,24,25). The van der Waals surface area contributed by atoms with Crippen LogP contribution in [0.15, 0.2) is 42.6 Å². The number of nitrogens with zero attached hydrogens (tertiary/aromatic N) is 1. The van der Waals surface area contributed by atoms with Gasteiger partial charge in [-0.25, -0.2) is 4.98 Å². The van der Waals surface area contributed by atoms with Crippen LogP contribution < -0.4 is 20.1 Å². The van der Waals surface area contributed by atoms with Gasteiger partial charge in [-0.05, 0) is 43.2 Å². The molecule has 0 bridgehead atoms. The molecule has 0 radical (unpaired) electrons. The molecule has 0 fully saturated rings. The van der Waals surface area contributed by atoms with E-state index in [1.807, 2.05) is 26.8 Å². The number of hydrogen-bond donors (Lipinski definition) is 2. The Bertz CT molecular complexity index is 790. The molecule has 7 nitrogen and oxygen atoms in total. The van der Waals surface area contributed by atoms with E-state index >= 15 is 0 Å². The lowest BCUT2D eigenvalue weighted by Gasteiger charge is -2.22. The first-order valence-electron chi connectivity index (χ1n) is 9.25. The molecule has 1 heterocycles. The lowest BCUT2D eigenvalue weighted by Crippen LogP contribution is -2.49. The van der Waals surface area contributed by atoms with E-state index in [9.17, 15) is 9.59 Å². The maximum atomic E-state index is 12.7. The number of rotatable bonds is 9. The van der Waals surface area contributed by atoms with Crippen LogP contribution in [0.5, 0.6) is 11.6 Å². The second kappa shape index (κ2) is 10.3. The topological polar surface area (TPSA) is 89.5 Å². The average molecular weight is 385 g/mol. The predicted octanol–water partition coefficient (Wildman–Crippen LogP) is 2.56. The molecule has 2 rings (SSSR count). The van der Waals surface area contributed by atoms with Crippen molar-refractivity contribution < 1.29 is 19.1 Å². The molecule has 2 amide bonds. The molecule has 28 heavy (non-hydrogen) atoms. The molecular formula is C21H27N3O4. The van der Waals surface area contributed by atoms with Gasteiger partial charge in [0.2, 0.25) is 11.8 Å². The van der Waals surface area contributed by atoms with Crippen molar-refractivity contribution >= 4 is 11.8 Å². The van der Waals surface area contributed by atoms with Crippen molar-refractivity contribution in [2.75, 3.05) is 13.7 Å². The fourth-order valence-corrected chi connectivity index (χ4v) is 2.62. The van der Waals surface area contributed by atoms with Gasteiger partial charge in [-0.15, -0.1) is 0 Å². The van der Waals surface area contributed by atoms with E-state index in [1.165, 1.54) is 0 Å². The number of ether oxygens (including phenoxy) is 2. The molecule has 150 valence electrons. The van der Waals surface area contributed by atoms with Gasteiger partial charge in [0.25, 0.3) is 5.91 Å². The molecular weight excluding hydrogens is 358 g/mol. The van der Waals surface area contributed by atoms with Gasteiger partial charge in [0.1, 0.15) is 11.8 Å². The third-order valence-electron chi connectivity index (χ3n) is 4.17. The third kappa shape index (κ3) is 5.70. The summed E-state index contributed by atoms with van der Waals surface area (Å²) in [6.07, 6.45) is 1.64. The largest absolute Gasteiger partial charge is 0.497 e. The fraction of sp³-hybridized carbons (Fsp3) is 0.381. The Morgan fingerprint density at radius 3 is 2.46 bits per heavy atom. The normalized spacial score (nSPS) is 11.6. The van der Waals surface area contributed by atoms with Crippen molar-refractivity contribution in [2.24, 2.45) is 5.92 Å². The first-order chi connectivity index (χ1) is 13.5. The summed E-state index contributed by atoms with van der Waals surface area (Å²) in [7, 11) is 1.56. The van der Waals surface area contributed by atoms with E-state index in [0.717, 1.165) is 5.56 Å². The number of carbonyl (C=O) groups is 2. The summed E-state index contributed by atoms with van der Waals surface area (Å²) < 4.78 is 10.6. The van der Waals surface area contributed by atoms with E-state index in [4.69, 9.17) is 9.47 Å². The van der Waals surface area contributed by atoms with Crippen LogP contribution in [0.3, 0.4) is 0 Å². The minimum Gasteiger partial charge on any atom is -0.497 e. The van der Waals surface area contributed by atoms with Crippen molar-refractivity contribution in [3.8, 4) is 11.6 Å². The molecule has 1 unspecified atom stereocenters. The Morgan fingerprint density at radius 1 is 1.14 bits per heavy atom. The third-order valence-corrected chi connectivity index (χ3v) is 4.17. The lowest BCUT2D eigenvalue weighted by molar-refractivity contribution is -0.124. The molecule has 0 saturated heterocycles. The molecule has 2 N–H and O–H groups in total. The Morgan fingerprint density at radius 2 is 1.86 bits per heavy atom. The highest BCUT2D eigenvalue weighted by Crippen LogP contribution is 2.15. The zero-order valence-corrected chi connectivity index (χ0v) is 16.7. The van der Waals surface area contributed by atoms with Gasteiger partial charge < -0.3 is 20.1 Å². The number of benzene rings is 1. The number of amides is 2. The van der Waals surface area contributed by atoms with Crippen LogP contribution in [-0.2, 0) is 11.3 Å². The maximum absolute atomic E-state index is 12.7. The summed E-state index contributed by atoms with van der Waals surface area (Å²) in [5.41, 5.74) is 1.24. The second-order valence-corrected chi connectivity index (χ2v) is 6.54. The number of pyridine rings is 1. The lowest BCUT2D eigenvalue weighted by atomic mass is 10.0. The van der Waals surface area contributed by atoms with Crippen LogP contribution >= 0.6 is 0 Å². The minimum absolute atomic E-state index is 0.0811. The minimum atomic E-state index is -0.665. The molecule has 0 aliphatic heterocycles. The molecule has 1 aromatic heterocycles. The van der Waals surface area contributed by atoms with Crippen LogP contribution in [0, 0.1) is 5.92 Å². The monoisotopic (exact) mass is 385 g/mol. The maximum Gasteiger partial charge on any atom is 0.251 e. The van der Waals surface area contributed by atoms with Gasteiger partial charge in [-0.1, -0.05) is 19.9 Å². The molecule has 7 heteroatoms. The Kier molecular flexibility index (Phi) is 7.80. The zero-order valence-electron chi connectivity index (χ0n) is 16.7. The van der Waals surface area contributed by atoms with Gasteiger partial charge in [0, 0.05) is 23.9 Å². The van der Waals surface area contributed by atoms with Crippen LogP contribution in [0.2, 0.25) is 0 Å². The Balaban J connectivity index is 2.02. The number of carbonyl (C=O) groups excluding carboxylic acids is 2. The molecule has 1 atom stereocenters. The summed E-state index contributed by atoms with van der Waals surface area (Å²) in [6.45, 7) is 6.40. The highest BCUT2D eigenvalue weighted by molar-refractivity contribution is 5.97. The van der Waals surface area contributed by atoms with Crippen LogP contribution in [0.25, 0.3) is 0 Å². The van der Waals surface area contributed by atoms with Crippen molar-refractivity contribution in [1.29, 1.82) is 0 Å². The zero-order chi connectivity index (χ0) is 20.5. The molecule has 0 saturated carbocycles. The van der Waals surface area contributed by atoms with Gasteiger partial charge in [-0.2, -0.15) is 0 Å². The average Bonchev–Trinajstić information content (AvgIpc) is 2.71. The highest BCUT2D eigenvalue weighted by atomic mass is 16.5. The Labute approximate surface area is 165 Å². The van der Waals surface area contributed by atoms with Crippen molar-refractivity contribution in [3.05, 3.63) is 53.7 Å². The SMILES string of the molecule is CCOc1ncccc1CNC(=O)C(NC(=O)c1ccc(OC)cc1)C(C)C. The second-order valence-electron chi connectivity index (χ2n) is 6.54. The van der Waals surface area contributed by atoms with E-state index in [0.29, 0.717) is 23.8 Å². The van der Waals surface area contributed by atoms with Crippen molar-refractivity contribution in [1.82, 2.24) is 15.6 Å². The van der Waals surface area contributed by atoms with Crippen molar-refractivity contribution in [3.63, 3.8) is 0 Å². The van der Waals surface area contributed by atoms with E-state index < -0.39 is 6.04 Å². The van der Waals surface area contributed by atoms with Gasteiger partial charge in [-0.3, -0.25) is 9.59 Å². The van der Waals surface area contributed by atoms with E-state index in [1.54, 1.807) is 43.6 Å². The number of nitrogens with one attached hydrogen (secondary N) is 2. The van der Waals surface area contributed by atoms with Crippen LogP contribution in [0.1, 0.15) is 36.7 Å². The number of methoxy groups -OCH3 is 1. The van der Waals surface area contributed by atoms with Gasteiger partial charge in [0.15, 0.2) is 0 Å². The Hall–Kier alpha value is -3.09. The summed E-state index contributed by atoms with van der Waals surface area (Å²) >= 11 is 0. The van der Waals surface area contributed by atoms with Crippen LogP contribution in [0.4, 0.5) is 0 Å². The molecule has 0 aliphatic rings. The first kappa shape index (κ1) is 21.2. The molecule has 2 aromatic rings. The van der Waals surface area contributed by atoms with E-state index in [2.05, 4.69) is 15.6 Å². The first-order valence-corrected chi connectivity index (χ1v) is 9.25. The molecule has 0 spiro atoms. The summed E-state index contributed by atoms with van der Waals surface area (Å²) in [5.74, 6) is 0.503. The summed E-state index contributed by atoms with van der Waals surface area (Å²) in [4.78, 5) is 29.4. The van der Waals surface area contributed by atoms with Gasteiger partial charge >= 0.3 is 0 Å². The highest BCUT2D eigenvalue weighted by Gasteiger charge is 2.24.